The highest BCUT2D eigenvalue weighted by molar-refractivity contribution is 5.49. The third-order valence-electron chi connectivity index (χ3n) is 5.83. The Morgan fingerprint density at radius 3 is 2.35 bits per heavy atom. The van der Waals surface area contributed by atoms with Crippen LogP contribution in [-0.4, -0.2) is 36.5 Å². The molecule has 128 valence electrons. The number of rotatable bonds is 5. The summed E-state index contributed by atoms with van der Waals surface area (Å²) < 4.78 is 6.42. The van der Waals surface area contributed by atoms with Crippen molar-refractivity contribution >= 4 is 5.69 Å². The highest BCUT2D eigenvalue weighted by atomic mass is 16.5. The zero-order valence-electron chi connectivity index (χ0n) is 15.3. The van der Waals surface area contributed by atoms with Gasteiger partial charge in [0.1, 0.15) is 6.23 Å². The van der Waals surface area contributed by atoms with Gasteiger partial charge in [-0.15, -0.1) is 0 Å². The minimum atomic E-state index is 0.206. The van der Waals surface area contributed by atoms with Gasteiger partial charge < -0.3 is 9.64 Å². The maximum absolute atomic E-state index is 6.42. The molecule has 0 spiro atoms. The van der Waals surface area contributed by atoms with Gasteiger partial charge in [0, 0.05) is 11.7 Å². The van der Waals surface area contributed by atoms with Crippen LogP contribution in [0.1, 0.15) is 46.1 Å². The van der Waals surface area contributed by atoms with Crippen molar-refractivity contribution in [2.75, 3.05) is 18.2 Å². The first kappa shape index (κ1) is 16.8. The Hall–Kier alpha value is -1.06. The quantitative estimate of drug-likeness (QED) is 0.807. The summed E-state index contributed by atoms with van der Waals surface area (Å²) >= 11 is 0. The van der Waals surface area contributed by atoms with Gasteiger partial charge in [-0.1, -0.05) is 58.2 Å². The summed E-state index contributed by atoms with van der Waals surface area (Å²) in [5.41, 5.74) is 2.61. The Morgan fingerprint density at radius 1 is 1.13 bits per heavy atom. The molecule has 0 radical (unpaired) electrons. The van der Waals surface area contributed by atoms with Crippen molar-refractivity contribution in [3.05, 3.63) is 29.8 Å². The average Bonchev–Trinajstić information content (AvgIpc) is 2.78. The second-order valence-corrected chi connectivity index (χ2v) is 7.56. The molecule has 2 fully saturated rings. The molecule has 0 aromatic heterocycles. The SMILES string of the molecule is CCC(CC)[C@H]1[C@H]2OC[C@H](C(C)C)N1CN2c1ccc(C)cc1. The first-order chi connectivity index (χ1) is 11.1. The highest BCUT2D eigenvalue weighted by Crippen LogP contribution is 2.39. The third kappa shape index (κ3) is 3.01. The van der Waals surface area contributed by atoms with Crippen molar-refractivity contribution in [2.24, 2.45) is 11.8 Å². The molecular weight excluding hydrogens is 284 g/mol. The third-order valence-corrected chi connectivity index (χ3v) is 5.83. The van der Waals surface area contributed by atoms with Crippen LogP contribution >= 0.6 is 0 Å². The number of ether oxygens (including phenoxy) is 1. The number of fused-ring (bicyclic) bond motifs is 2. The van der Waals surface area contributed by atoms with E-state index in [1.165, 1.54) is 24.1 Å². The zero-order valence-corrected chi connectivity index (χ0v) is 15.3. The number of benzene rings is 1. The maximum Gasteiger partial charge on any atom is 0.147 e. The van der Waals surface area contributed by atoms with Crippen molar-refractivity contribution < 1.29 is 4.74 Å². The van der Waals surface area contributed by atoms with Crippen LogP contribution in [0.4, 0.5) is 5.69 Å². The van der Waals surface area contributed by atoms with E-state index in [-0.39, 0.29) is 6.23 Å². The molecule has 3 heteroatoms. The van der Waals surface area contributed by atoms with E-state index in [1.54, 1.807) is 0 Å². The summed E-state index contributed by atoms with van der Waals surface area (Å²) in [7, 11) is 0. The molecule has 23 heavy (non-hydrogen) atoms. The molecule has 2 aliphatic rings. The van der Waals surface area contributed by atoms with Crippen LogP contribution in [0, 0.1) is 18.8 Å². The van der Waals surface area contributed by atoms with E-state index in [9.17, 15) is 0 Å². The van der Waals surface area contributed by atoms with Crippen molar-refractivity contribution in [3.63, 3.8) is 0 Å². The predicted octanol–water partition coefficient (Wildman–Crippen LogP) is 4.26. The Kier molecular flexibility index (Phi) is 4.98. The number of hydrogen-bond donors (Lipinski definition) is 0. The molecule has 1 aromatic carbocycles. The monoisotopic (exact) mass is 316 g/mol. The van der Waals surface area contributed by atoms with Gasteiger partial charge >= 0.3 is 0 Å². The lowest BCUT2D eigenvalue weighted by molar-refractivity contribution is -0.0871. The van der Waals surface area contributed by atoms with Gasteiger partial charge in [-0.2, -0.15) is 0 Å². The molecule has 2 bridgehead atoms. The van der Waals surface area contributed by atoms with Crippen molar-refractivity contribution in [1.82, 2.24) is 4.90 Å². The summed E-state index contributed by atoms with van der Waals surface area (Å²) in [6, 6.07) is 9.96. The number of anilines is 1. The van der Waals surface area contributed by atoms with Crippen molar-refractivity contribution in [1.29, 1.82) is 0 Å². The second kappa shape index (κ2) is 6.82. The fourth-order valence-electron chi connectivity index (χ4n) is 4.32. The Bertz CT molecular complexity index is 509. The molecule has 2 saturated heterocycles. The summed E-state index contributed by atoms with van der Waals surface area (Å²) in [5.74, 6) is 1.34. The van der Waals surface area contributed by atoms with Crippen molar-refractivity contribution in [3.8, 4) is 0 Å². The molecule has 0 N–H and O–H groups in total. The smallest absolute Gasteiger partial charge is 0.147 e. The first-order valence-corrected chi connectivity index (χ1v) is 9.27. The van der Waals surface area contributed by atoms with Crippen LogP contribution in [0.2, 0.25) is 0 Å². The van der Waals surface area contributed by atoms with E-state index in [4.69, 9.17) is 4.74 Å². The van der Waals surface area contributed by atoms with E-state index < -0.39 is 0 Å². The van der Waals surface area contributed by atoms with Gasteiger partial charge in [0.25, 0.3) is 0 Å². The Balaban J connectivity index is 1.92. The fraction of sp³-hybridized carbons (Fsp3) is 0.700. The fourth-order valence-corrected chi connectivity index (χ4v) is 4.32. The maximum atomic E-state index is 6.42. The van der Waals surface area contributed by atoms with E-state index in [0.29, 0.717) is 23.9 Å². The molecule has 2 heterocycles. The molecule has 0 aliphatic carbocycles. The number of hydrogen-bond acceptors (Lipinski definition) is 3. The number of aryl methyl sites for hydroxylation is 1. The summed E-state index contributed by atoms with van der Waals surface area (Å²) in [6.45, 7) is 13.3. The summed E-state index contributed by atoms with van der Waals surface area (Å²) in [4.78, 5) is 5.21. The topological polar surface area (TPSA) is 15.7 Å². The molecule has 2 aliphatic heterocycles. The van der Waals surface area contributed by atoms with Gasteiger partial charge in [-0.05, 0) is 30.9 Å². The molecule has 0 amide bonds. The van der Waals surface area contributed by atoms with Gasteiger partial charge in [-0.3, -0.25) is 4.90 Å². The molecule has 0 saturated carbocycles. The molecular formula is C20H32N2O. The van der Waals surface area contributed by atoms with Crippen LogP contribution in [0.25, 0.3) is 0 Å². The first-order valence-electron chi connectivity index (χ1n) is 9.27. The van der Waals surface area contributed by atoms with Crippen LogP contribution < -0.4 is 4.90 Å². The Morgan fingerprint density at radius 2 is 1.78 bits per heavy atom. The van der Waals surface area contributed by atoms with E-state index in [1.807, 2.05) is 0 Å². The largest absolute Gasteiger partial charge is 0.355 e. The normalized spacial score (nSPS) is 30.5. The second-order valence-electron chi connectivity index (χ2n) is 7.56. The molecule has 3 nitrogen and oxygen atoms in total. The van der Waals surface area contributed by atoms with Gasteiger partial charge in [-0.25, -0.2) is 0 Å². The summed E-state index contributed by atoms with van der Waals surface area (Å²) in [5, 5.41) is 0. The van der Waals surface area contributed by atoms with Crippen LogP contribution in [-0.2, 0) is 4.74 Å². The molecule has 4 atom stereocenters. The van der Waals surface area contributed by atoms with Gasteiger partial charge in [0.2, 0.25) is 0 Å². The summed E-state index contributed by atoms with van der Waals surface area (Å²) in [6.07, 6.45) is 2.66. The average molecular weight is 316 g/mol. The standard InChI is InChI=1S/C20H32N2O/c1-6-16(7-2)19-20-21(17-10-8-15(5)9-11-17)13-22(19)18(12-23-20)14(3)4/h8-11,14,16,18-20H,6-7,12-13H2,1-5H3/t18-,19+,20-/m1/s1. The van der Waals surface area contributed by atoms with Crippen LogP contribution in [0.3, 0.4) is 0 Å². The lowest BCUT2D eigenvalue weighted by Crippen LogP contribution is -2.55. The predicted molar refractivity (Wildman–Crippen MR) is 96.6 cm³/mol. The Labute approximate surface area is 141 Å². The van der Waals surface area contributed by atoms with Gasteiger partial charge in [0.15, 0.2) is 0 Å². The minimum Gasteiger partial charge on any atom is -0.355 e. The lowest BCUT2D eigenvalue weighted by atomic mass is 9.89. The van der Waals surface area contributed by atoms with Gasteiger partial charge in [0.05, 0.1) is 19.3 Å². The van der Waals surface area contributed by atoms with E-state index >= 15 is 0 Å². The van der Waals surface area contributed by atoms with Crippen LogP contribution in [0.15, 0.2) is 24.3 Å². The molecule has 1 aromatic rings. The molecule has 3 rings (SSSR count). The van der Waals surface area contributed by atoms with E-state index in [2.05, 4.69) is 68.7 Å². The number of morpholine rings is 1. The van der Waals surface area contributed by atoms with Crippen molar-refractivity contribution in [2.45, 2.75) is 65.8 Å². The molecule has 1 unspecified atom stereocenters. The highest BCUT2D eigenvalue weighted by Gasteiger charge is 2.50. The van der Waals surface area contributed by atoms with E-state index in [0.717, 1.165) is 13.3 Å². The lowest BCUT2D eigenvalue weighted by Gasteiger charge is -2.43. The zero-order chi connectivity index (χ0) is 16.6. The number of nitrogens with zero attached hydrogens (tertiary/aromatic N) is 2. The van der Waals surface area contributed by atoms with Crippen LogP contribution in [0.5, 0.6) is 0 Å². The minimum absolute atomic E-state index is 0.206.